The zero-order valence-corrected chi connectivity index (χ0v) is 22.9. The van der Waals surface area contributed by atoms with E-state index in [1.165, 1.54) is 44.5 Å². The van der Waals surface area contributed by atoms with E-state index in [4.69, 9.17) is 30.2 Å². The number of aromatic amines is 1. The molecule has 4 aromatic carbocycles. The molecule has 188 valence electrons. The average molecular weight is 576 g/mol. The second kappa shape index (κ2) is 11.1. The van der Waals surface area contributed by atoms with Crippen LogP contribution in [0.3, 0.4) is 0 Å². The number of hydrogen-bond donors (Lipinski definition) is 1. The second-order valence-corrected chi connectivity index (χ2v) is 11.1. The SMILES string of the molecule is C(=Nc1ccc2c(c1)Cc1ccccc1-2)c1ccc(C=Nc2ccc3c(c2)Cc2ccccc2-3)[nH]1.[Cl][Fe][Cl]. The molecular formula is C32H23Cl2FeN3. The Labute approximate surface area is 236 Å². The van der Waals surface area contributed by atoms with E-state index in [9.17, 15) is 0 Å². The van der Waals surface area contributed by atoms with Gasteiger partial charge in [-0.05, 0) is 93.7 Å². The molecule has 2 aliphatic carbocycles. The summed E-state index contributed by atoms with van der Waals surface area (Å²) < 4.78 is 0. The quantitative estimate of drug-likeness (QED) is 0.161. The summed E-state index contributed by atoms with van der Waals surface area (Å²) in [6.07, 6.45) is 5.72. The first-order chi connectivity index (χ1) is 18.7. The van der Waals surface area contributed by atoms with E-state index >= 15 is 0 Å². The third-order valence-corrected chi connectivity index (χ3v) is 6.99. The van der Waals surface area contributed by atoms with Crippen LogP contribution < -0.4 is 0 Å². The Morgan fingerprint density at radius 1 is 0.553 bits per heavy atom. The van der Waals surface area contributed by atoms with Gasteiger partial charge in [0.15, 0.2) is 0 Å². The van der Waals surface area contributed by atoms with Gasteiger partial charge in [-0.2, -0.15) is 0 Å². The molecular weight excluding hydrogens is 553 g/mol. The van der Waals surface area contributed by atoms with Crippen molar-refractivity contribution in [3.05, 3.63) is 131 Å². The van der Waals surface area contributed by atoms with Crippen molar-refractivity contribution in [1.29, 1.82) is 0 Å². The van der Waals surface area contributed by atoms with Gasteiger partial charge in [0.2, 0.25) is 0 Å². The molecule has 0 bridgehead atoms. The van der Waals surface area contributed by atoms with Crippen molar-refractivity contribution < 1.29 is 13.1 Å². The molecule has 0 saturated heterocycles. The van der Waals surface area contributed by atoms with Crippen LogP contribution in [0.15, 0.2) is 107 Å². The first kappa shape index (κ1) is 24.9. The minimum atomic E-state index is 0.194. The Hall–Kier alpha value is -3.40. The maximum absolute atomic E-state index is 4.76. The van der Waals surface area contributed by atoms with Gasteiger partial charge in [-0.15, -0.1) is 0 Å². The molecule has 0 fully saturated rings. The summed E-state index contributed by atoms with van der Waals surface area (Å²) in [6.45, 7) is 0. The number of halogens is 2. The van der Waals surface area contributed by atoms with Crippen LogP contribution in [-0.4, -0.2) is 17.4 Å². The molecule has 0 atom stereocenters. The Balaban J connectivity index is 0.000000843. The fourth-order valence-corrected chi connectivity index (χ4v) is 5.29. The predicted molar refractivity (Wildman–Crippen MR) is 156 cm³/mol. The summed E-state index contributed by atoms with van der Waals surface area (Å²) >= 11 is 0.194. The van der Waals surface area contributed by atoms with Gasteiger partial charge >= 0.3 is 33.3 Å². The number of nitrogens with zero attached hydrogens (tertiary/aromatic N) is 2. The molecule has 6 heteroatoms. The standard InChI is InChI=1S/C32H23N3.2ClH.Fe/c1-3-7-29-21(5-1)15-23-17-25(11-13-31(23)29)33-19-27-9-10-28(35-27)20-34-26-12-14-32-24(18-26)16-22-6-2-4-8-30(22)32;;;/h1-14,17-20,35H,15-16H2;2*1H;/q;;;+2/p-2. The number of hydrogen-bond acceptors (Lipinski definition) is 2. The molecule has 7 rings (SSSR count). The molecule has 2 aliphatic rings. The fraction of sp³-hybridized carbons (Fsp3) is 0.0625. The average Bonchev–Trinajstić information content (AvgIpc) is 3.65. The van der Waals surface area contributed by atoms with Gasteiger partial charge in [0.25, 0.3) is 0 Å². The molecule has 1 heterocycles. The van der Waals surface area contributed by atoms with Crippen molar-refractivity contribution in [1.82, 2.24) is 4.98 Å². The number of benzene rings is 4. The summed E-state index contributed by atoms with van der Waals surface area (Å²) in [5.41, 5.74) is 14.7. The first-order valence-electron chi connectivity index (χ1n) is 12.3. The Morgan fingerprint density at radius 3 is 1.45 bits per heavy atom. The Morgan fingerprint density at radius 2 is 0.974 bits per heavy atom. The fourth-order valence-electron chi connectivity index (χ4n) is 5.29. The van der Waals surface area contributed by atoms with E-state index in [1.807, 2.05) is 24.6 Å². The molecule has 1 N–H and O–H groups in total. The summed E-state index contributed by atoms with van der Waals surface area (Å²) in [7, 11) is 9.53. The van der Waals surface area contributed by atoms with Crippen LogP contribution in [0.2, 0.25) is 0 Å². The van der Waals surface area contributed by atoms with E-state index < -0.39 is 0 Å². The normalized spacial score (nSPS) is 12.8. The van der Waals surface area contributed by atoms with Crippen LogP contribution in [0.4, 0.5) is 11.4 Å². The summed E-state index contributed by atoms with van der Waals surface area (Å²) in [6, 6.07) is 34.3. The van der Waals surface area contributed by atoms with Crippen LogP contribution in [0.1, 0.15) is 33.6 Å². The summed E-state index contributed by atoms with van der Waals surface area (Å²) in [5.74, 6) is 0. The van der Waals surface area contributed by atoms with Crippen molar-refractivity contribution in [2.75, 3.05) is 0 Å². The zero-order chi connectivity index (χ0) is 25.9. The number of aromatic nitrogens is 1. The van der Waals surface area contributed by atoms with Crippen LogP contribution >= 0.6 is 20.2 Å². The van der Waals surface area contributed by atoms with Crippen LogP contribution in [-0.2, 0) is 26.0 Å². The predicted octanol–water partition coefficient (Wildman–Crippen LogP) is 9.03. The van der Waals surface area contributed by atoms with E-state index in [2.05, 4.69) is 89.9 Å². The molecule has 0 aliphatic heterocycles. The molecule has 0 saturated carbocycles. The van der Waals surface area contributed by atoms with E-state index in [0.29, 0.717) is 0 Å². The monoisotopic (exact) mass is 575 g/mol. The van der Waals surface area contributed by atoms with Crippen molar-refractivity contribution in [3.63, 3.8) is 0 Å². The Kier molecular flexibility index (Phi) is 7.31. The van der Waals surface area contributed by atoms with Crippen molar-refractivity contribution >= 4 is 44.0 Å². The second-order valence-electron chi connectivity index (χ2n) is 9.29. The Bertz CT molecular complexity index is 1560. The van der Waals surface area contributed by atoms with E-state index in [1.54, 1.807) is 0 Å². The molecule has 38 heavy (non-hydrogen) atoms. The third kappa shape index (κ3) is 5.14. The molecule has 0 spiro atoms. The molecule has 0 amide bonds. The number of nitrogens with one attached hydrogen (secondary N) is 1. The third-order valence-electron chi connectivity index (χ3n) is 6.99. The number of fused-ring (bicyclic) bond motifs is 6. The van der Waals surface area contributed by atoms with Gasteiger partial charge in [-0.25, -0.2) is 0 Å². The van der Waals surface area contributed by atoms with Crippen molar-refractivity contribution in [2.24, 2.45) is 9.98 Å². The summed E-state index contributed by atoms with van der Waals surface area (Å²) in [4.78, 5) is 12.8. The van der Waals surface area contributed by atoms with Gasteiger partial charge in [0.05, 0.1) is 35.2 Å². The molecule has 3 nitrogen and oxygen atoms in total. The van der Waals surface area contributed by atoms with Gasteiger partial charge in [-0.3, -0.25) is 9.98 Å². The first-order valence-corrected chi connectivity index (χ1v) is 15.3. The molecule has 0 unspecified atom stereocenters. The van der Waals surface area contributed by atoms with Crippen molar-refractivity contribution in [2.45, 2.75) is 12.8 Å². The van der Waals surface area contributed by atoms with E-state index in [-0.39, 0.29) is 13.1 Å². The van der Waals surface area contributed by atoms with Crippen molar-refractivity contribution in [3.8, 4) is 22.3 Å². The van der Waals surface area contributed by atoms with Gasteiger partial charge in [0.1, 0.15) is 0 Å². The maximum atomic E-state index is 4.76. The number of H-pyrrole nitrogens is 1. The van der Waals surface area contributed by atoms with Crippen LogP contribution in [0, 0.1) is 0 Å². The summed E-state index contributed by atoms with van der Waals surface area (Å²) in [5, 5.41) is 0. The number of aliphatic imine (C=N–C) groups is 2. The zero-order valence-electron chi connectivity index (χ0n) is 20.3. The molecule has 1 aromatic heterocycles. The topological polar surface area (TPSA) is 40.5 Å². The molecule has 0 radical (unpaired) electrons. The van der Waals surface area contributed by atoms with Crippen LogP contribution in [0.25, 0.3) is 22.3 Å². The van der Waals surface area contributed by atoms with Gasteiger partial charge in [-0.1, -0.05) is 60.7 Å². The van der Waals surface area contributed by atoms with Gasteiger partial charge < -0.3 is 4.98 Å². The minimum absolute atomic E-state index is 0.194. The van der Waals surface area contributed by atoms with Gasteiger partial charge in [0, 0.05) is 0 Å². The van der Waals surface area contributed by atoms with E-state index in [0.717, 1.165) is 35.6 Å². The van der Waals surface area contributed by atoms with Crippen LogP contribution in [0.5, 0.6) is 0 Å². The number of rotatable bonds is 4. The molecule has 5 aromatic rings.